The zero-order valence-electron chi connectivity index (χ0n) is 12.5. The van der Waals surface area contributed by atoms with Crippen LogP contribution >= 0.6 is 15.9 Å². The van der Waals surface area contributed by atoms with E-state index in [1.165, 1.54) is 6.92 Å². The Morgan fingerprint density at radius 2 is 1.80 bits per heavy atom. The molecular weight excluding hydrogens is 318 g/mol. The zero-order valence-corrected chi connectivity index (χ0v) is 14.1. The summed E-state index contributed by atoms with van der Waals surface area (Å²) in [5.41, 5.74) is 2.64. The number of benzene rings is 1. The first-order valence-electron chi connectivity index (χ1n) is 6.94. The molecule has 0 saturated heterocycles. The zero-order chi connectivity index (χ0) is 15.3. The van der Waals surface area contributed by atoms with Gasteiger partial charge in [-0.1, -0.05) is 35.7 Å². The largest absolute Gasteiger partial charge is 0.342 e. The lowest BCUT2D eigenvalue weighted by atomic mass is 10.0. The third-order valence-electron chi connectivity index (χ3n) is 3.34. The molecular formula is C16H22BrNO2. The van der Waals surface area contributed by atoms with Gasteiger partial charge in [0, 0.05) is 10.0 Å². The topological polar surface area (TPSA) is 46.2 Å². The molecule has 110 valence electrons. The molecule has 3 nitrogen and oxygen atoms in total. The molecule has 1 N–H and O–H groups in total. The number of rotatable bonds is 6. The van der Waals surface area contributed by atoms with E-state index in [-0.39, 0.29) is 17.7 Å². The van der Waals surface area contributed by atoms with Crippen LogP contribution in [0.1, 0.15) is 54.6 Å². The molecule has 0 unspecified atom stereocenters. The standard InChI is InChI=1S/C16H22BrNO2/c1-5-6-7-14(12(4)19)18-16(20)13-8-10(2)15(17)11(3)9-13/h8-9,14H,5-7H2,1-4H3,(H,18,20)/t14-/m0/s1. The molecule has 0 aliphatic rings. The number of halogens is 1. The lowest BCUT2D eigenvalue weighted by Gasteiger charge is -2.16. The SMILES string of the molecule is CCCC[C@H](NC(=O)c1cc(C)c(Br)c(C)c1)C(C)=O. The maximum atomic E-state index is 12.3. The molecule has 0 bridgehead atoms. The van der Waals surface area contributed by atoms with Crippen LogP contribution in [0.5, 0.6) is 0 Å². The molecule has 0 saturated carbocycles. The quantitative estimate of drug-likeness (QED) is 0.852. The van der Waals surface area contributed by atoms with Crippen LogP contribution in [0.2, 0.25) is 0 Å². The maximum absolute atomic E-state index is 12.3. The minimum atomic E-state index is -0.383. The Kier molecular flexibility index (Phi) is 6.40. The van der Waals surface area contributed by atoms with Crippen molar-refractivity contribution in [1.29, 1.82) is 0 Å². The van der Waals surface area contributed by atoms with Crippen molar-refractivity contribution in [2.24, 2.45) is 0 Å². The van der Waals surface area contributed by atoms with Gasteiger partial charge in [-0.2, -0.15) is 0 Å². The van der Waals surface area contributed by atoms with E-state index in [9.17, 15) is 9.59 Å². The monoisotopic (exact) mass is 339 g/mol. The maximum Gasteiger partial charge on any atom is 0.251 e. The van der Waals surface area contributed by atoms with Crippen molar-refractivity contribution in [3.63, 3.8) is 0 Å². The molecule has 1 atom stereocenters. The Morgan fingerprint density at radius 3 is 2.25 bits per heavy atom. The van der Waals surface area contributed by atoms with E-state index >= 15 is 0 Å². The lowest BCUT2D eigenvalue weighted by molar-refractivity contribution is -0.119. The molecule has 0 aliphatic heterocycles. The molecule has 0 fully saturated rings. The second kappa shape index (κ2) is 7.58. The van der Waals surface area contributed by atoms with Gasteiger partial charge in [-0.3, -0.25) is 9.59 Å². The van der Waals surface area contributed by atoms with Crippen molar-refractivity contribution in [3.05, 3.63) is 33.3 Å². The molecule has 4 heteroatoms. The van der Waals surface area contributed by atoms with Crippen LogP contribution in [0.4, 0.5) is 0 Å². The number of nitrogens with one attached hydrogen (secondary N) is 1. The van der Waals surface area contributed by atoms with Crippen molar-refractivity contribution in [2.45, 2.75) is 53.0 Å². The van der Waals surface area contributed by atoms with Crippen molar-refractivity contribution < 1.29 is 9.59 Å². The molecule has 1 amide bonds. The number of hydrogen-bond acceptors (Lipinski definition) is 2. The Hall–Kier alpha value is -1.16. The minimum Gasteiger partial charge on any atom is -0.342 e. The molecule has 0 heterocycles. The third-order valence-corrected chi connectivity index (χ3v) is 4.59. The highest BCUT2D eigenvalue weighted by Crippen LogP contribution is 2.22. The van der Waals surface area contributed by atoms with Crippen molar-refractivity contribution in [1.82, 2.24) is 5.32 Å². The van der Waals surface area contributed by atoms with E-state index in [0.29, 0.717) is 12.0 Å². The van der Waals surface area contributed by atoms with Crippen LogP contribution in [-0.2, 0) is 4.79 Å². The first kappa shape index (κ1) is 16.9. The summed E-state index contributed by atoms with van der Waals surface area (Å²) in [5.74, 6) is -0.169. The Morgan fingerprint density at radius 1 is 1.25 bits per heavy atom. The molecule has 1 aromatic carbocycles. The highest BCUT2D eigenvalue weighted by Gasteiger charge is 2.18. The molecule has 0 aromatic heterocycles. The van der Waals surface area contributed by atoms with Gasteiger partial charge < -0.3 is 5.32 Å². The average Bonchev–Trinajstić information content (AvgIpc) is 2.39. The molecule has 1 rings (SSSR count). The highest BCUT2D eigenvalue weighted by molar-refractivity contribution is 9.10. The second-order valence-electron chi connectivity index (χ2n) is 5.20. The summed E-state index contributed by atoms with van der Waals surface area (Å²) >= 11 is 3.48. The summed E-state index contributed by atoms with van der Waals surface area (Å²) in [7, 11) is 0. The number of aryl methyl sites for hydroxylation is 2. The van der Waals surface area contributed by atoms with Gasteiger partial charge in [-0.25, -0.2) is 0 Å². The van der Waals surface area contributed by atoms with Crippen LogP contribution in [0.15, 0.2) is 16.6 Å². The second-order valence-corrected chi connectivity index (χ2v) is 6.00. The van der Waals surface area contributed by atoms with Crippen LogP contribution in [0.25, 0.3) is 0 Å². The summed E-state index contributed by atoms with van der Waals surface area (Å²) < 4.78 is 1.02. The normalized spacial score (nSPS) is 12.1. The fourth-order valence-electron chi connectivity index (χ4n) is 2.10. The number of unbranched alkanes of at least 4 members (excludes halogenated alkanes) is 1. The van der Waals surface area contributed by atoms with Gasteiger partial charge in [-0.05, 0) is 50.5 Å². The average molecular weight is 340 g/mol. The Balaban J connectivity index is 2.86. The van der Waals surface area contributed by atoms with Crippen LogP contribution < -0.4 is 5.32 Å². The predicted molar refractivity (Wildman–Crippen MR) is 85.1 cm³/mol. The fourth-order valence-corrected chi connectivity index (χ4v) is 2.33. The number of carbonyl (C=O) groups excluding carboxylic acids is 2. The summed E-state index contributed by atoms with van der Waals surface area (Å²) in [6.45, 7) is 7.50. The van der Waals surface area contributed by atoms with Gasteiger partial charge >= 0.3 is 0 Å². The van der Waals surface area contributed by atoms with E-state index in [0.717, 1.165) is 28.4 Å². The Labute approximate surface area is 129 Å². The van der Waals surface area contributed by atoms with Crippen molar-refractivity contribution >= 4 is 27.6 Å². The molecule has 1 aromatic rings. The lowest BCUT2D eigenvalue weighted by Crippen LogP contribution is -2.39. The molecule has 0 aliphatic carbocycles. The number of Topliss-reactive ketones (excluding diaryl/α,β-unsaturated/α-hetero) is 1. The van der Waals surface area contributed by atoms with Gasteiger partial charge in [0.05, 0.1) is 6.04 Å². The fraction of sp³-hybridized carbons (Fsp3) is 0.500. The molecule has 0 spiro atoms. The van der Waals surface area contributed by atoms with Crippen LogP contribution in [-0.4, -0.2) is 17.7 Å². The van der Waals surface area contributed by atoms with Crippen molar-refractivity contribution in [3.8, 4) is 0 Å². The van der Waals surface area contributed by atoms with E-state index in [1.54, 1.807) is 0 Å². The summed E-state index contributed by atoms with van der Waals surface area (Å²) in [6.07, 6.45) is 2.64. The number of carbonyl (C=O) groups is 2. The van der Waals surface area contributed by atoms with Gasteiger partial charge in [0.2, 0.25) is 0 Å². The molecule has 20 heavy (non-hydrogen) atoms. The van der Waals surface area contributed by atoms with Crippen molar-refractivity contribution in [2.75, 3.05) is 0 Å². The van der Waals surface area contributed by atoms with Crippen LogP contribution in [0, 0.1) is 13.8 Å². The number of amides is 1. The van der Waals surface area contributed by atoms with Crippen LogP contribution in [0.3, 0.4) is 0 Å². The van der Waals surface area contributed by atoms with Gasteiger partial charge in [-0.15, -0.1) is 0 Å². The molecule has 0 radical (unpaired) electrons. The van der Waals surface area contributed by atoms with E-state index < -0.39 is 0 Å². The summed E-state index contributed by atoms with van der Waals surface area (Å²) in [5, 5.41) is 2.84. The smallest absolute Gasteiger partial charge is 0.251 e. The predicted octanol–water partition coefficient (Wildman–Crippen LogP) is 3.94. The first-order chi connectivity index (χ1) is 9.36. The number of hydrogen-bond donors (Lipinski definition) is 1. The Bertz CT molecular complexity index is 488. The summed E-state index contributed by atoms with van der Waals surface area (Å²) in [6, 6.07) is 3.29. The van der Waals surface area contributed by atoms with E-state index in [1.807, 2.05) is 26.0 Å². The van der Waals surface area contributed by atoms with E-state index in [2.05, 4.69) is 28.2 Å². The van der Waals surface area contributed by atoms with Gasteiger partial charge in [0.25, 0.3) is 5.91 Å². The van der Waals surface area contributed by atoms with Gasteiger partial charge in [0.15, 0.2) is 5.78 Å². The summed E-state index contributed by atoms with van der Waals surface area (Å²) in [4.78, 5) is 23.8. The first-order valence-corrected chi connectivity index (χ1v) is 7.74. The minimum absolute atomic E-state index is 0.0114. The third kappa shape index (κ3) is 4.44. The van der Waals surface area contributed by atoms with E-state index in [4.69, 9.17) is 0 Å². The van der Waals surface area contributed by atoms with Gasteiger partial charge in [0.1, 0.15) is 0 Å². The number of ketones is 1. The highest BCUT2D eigenvalue weighted by atomic mass is 79.9.